The first kappa shape index (κ1) is 17.1. The molecular formula is C20H21ClN4O. The van der Waals surface area contributed by atoms with Crippen LogP contribution in [0.5, 0.6) is 0 Å². The van der Waals surface area contributed by atoms with E-state index in [4.69, 9.17) is 11.6 Å². The Morgan fingerprint density at radius 1 is 1.04 bits per heavy atom. The summed E-state index contributed by atoms with van der Waals surface area (Å²) in [6, 6.07) is 11.6. The minimum atomic E-state index is -0.124. The first-order chi connectivity index (χ1) is 12.7. The first-order valence-corrected chi connectivity index (χ1v) is 9.32. The number of amides is 1. The molecule has 1 N–H and O–H groups in total. The van der Waals surface area contributed by atoms with E-state index < -0.39 is 0 Å². The second kappa shape index (κ2) is 7.48. The van der Waals surface area contributed by atoms with Gasteiger partial charge in [-0.1, -0.05) is 23.7 Å². The average Bonchev–Trinajstić information content (AvgIpc) is 3.31. The van der Waals surface area contributed by atoms with E-state index in [0.717, 1.165) is 36.4 Å². The molecule has 1 fully saturated rings. The zero-order valence-electron chi connectivity index (χ0n) is 14.5. The number of nitrogens with zero attached hydrogens (tertiary/aromatic N) is 3. The second-order valence-electron chi connectivity index (χ2n) is 6.62. The molecule has 4 rings (SSSR count). The summed E-state index contributed by atoms with van der Waals surface area (Å²) in [5.41, 5.74) is 3.32. The van der Waals surface area contributed by atoms with Gasteiger partial charge in [0.2, 0.25) is 0 Å². The monoisotopic (exact) mass is 368 g/mol. The number of carbonyl (C=O) groups is 1. The molecule has 0 spiro atoms. The summed E-state index contributed by atoms with van der Waals surface area (Å²) in [4.78, 5) is 19.2. The quantitative estimate of drug-likeness (QED) is 0.750. The van der Waals surface area contributed by atoms with Crippen molar-refractivity contribution in [3.63, 3.8) is 0 Å². The number of carbonyl (C=O) groups excluding carboxylic acids is 1. The van der Waals surface area contributed by atoms with E-state index in [9.17, 15) is 4.79 Å². The summed E-state index contributed by atoms with van der Waals surface area (Å²) in [7, 11) is 0. The number of fused-ring (bicyclic) bond motifs is 1. The lowest BCUT2D eigenvalue weighted by Gasteiger charge is -2.14. The van der Waals surface area contributed by atoms with Crippen LogP contribution in [-0.2, 0) is 0 Å². The molecule has 0 atom stereocenters. The van der Waals surface area contributed by atoms with Crippen LogP contribution in [0.3, 0.4) is 0 Å². The van der Waals surface area contributed by atoms with Crippen molar-refractivity contribution in [3.8, 4) is 11.1 Å². The van der Waals surface area contributed by atoms with Crippen LogP contribution in [0, 0.1) is 0 Å². The van der Waals surface area contributed by atoms with Gasteiger partial charge in [0.25, 0.3) is 5.91 Å². The Balaban J connectivity index is 1.46. The Morgan fingerprint density at radius 2 is 1.77 bits per heavy atom. The summed E-state index contributed by atoms with van der Waals surface area (Å²) in [6.07, 6.45) is 6.28. The average molecular weight is 369 g/mol. The molecule has 0 unspecified atom stereocenters. The van der Waals surface area contributed by atoms with Crippen LogP contribution in [0.4, 0.5) is 0 Å². The van der Waals surface area contributed by atoms with Crippen molar-refractivity contribution in [2.24, 2.45) is 0 Å². The van der Waals surface area contributed by atoms with E-state index in [-0.39, 0.29) is 5.91 Å². The summed E-state index contributed by atoms with van der Waals surface area (Å²) in [5, 5.41) is 3.68. The minimum absolute atomic E-state index is 0.124. The molecule has 26 heavy (non-hydrogen) atoms. The van der Waals surface area contributed by atoms with Gasteiger partial charge in [-0.25, -0.2) is 4.98 Å². The molecule has 0 bridgehead atoms. The number of pyridine rings is 1. The number of rotatable bonds is 5. The van der Waals surface area contributed by atoms with Gasteiger partial charge in [-0.05, 0) is 61.3 Å². The van der Waals surface area contributed by atoms with Crippen molar-refractivity contribution < 1.29 is 4.79 Å². The maximum Gasteiger partial charge on any atom is 0.271 e. The summed E-state index contributed by atoms with van der Waals surface area (Å²) in [5.74, 6) is -0.124. The van der Waals surface area contributed by atoms with Gasteiger partial charge in [0.15, 0.2) is 0 Å². The number of benzene rings is 1. The van der Waals surface area contributed by atoms with Gasteiger partial charge >= 0.3 is 0 Å². The van der Waals surface area contributed by atoms with Crippen LogP contribution in [-0.4, -0.2) is 46.4 Å². The lowest BCUT2D eigenvalue weighted by Crippen LogP contribution is -2.33. The molecule has 0 saturated carbocycles. The van der Waals surface area contributed by atoms with E-state index in [1.807, 2.05) is 47.0 Å². The number of halogens is 1. The van der Waals surface area contributed by atoms with E-state index in [2.05, 4.69) is 15.2 Å². The number of aromatic nitrogens is 2. The number of nitrogens with one attached hydrogen (secondary N) is 1. The number of hydrogen-bond donors (Lipinski definition) is 1. The Kier molecular flexibility index (Phi) is 4.91. The molecule has 6 heteroatoms. The van der Waals surface area contributed by atoms with Gasteiger partial charge in [0.1, 0.15) is 11.3 Å². The third-order valence-electron chi connectivity index (χ3n) is 4.77. The predicted molar refractivity (Wildman–Crippen MR) is 104 cm³/mol. The molecule has 134 valence electrons. The molecule has 5 nitrogen and oxygen atoms in total. The minimum Gasteiger partial charge on any atom is -0.349 e. The third-order valence-corrected chi connectivity index (χ3v) is 5.03. The van der Waals surface area contributed by atoms with Gasteiger partial charge in [0, 0.05) is 30.5 Å². The number of likely N-dealkylation sites (tertiary alicyclic amines) is 1. The molecule has 1 aliphatic rings. The first-order valence-electron chi connectivity index (χ1n) is 8.94. The normalized spacial score (nSPS) is 14.8. The zero-order valence-corrected chi connectivity index (χ0v) is 15.2. The molecule has 2 aromatic heterocycles. The smallest absolute Gasteiger partial charge is 0.271 e. The molecule has 3 aromatic rings. The van der Waals surface area contributed by atoms with Gasteiger partial charge < -0.3 is 14.6 Å². The van der Waals surface area contributed by atoms with Gasteiger partial charge in [-0.15, -0.1) is 0 Å². The van der Waals surface area contributed by atoms with Crippen molar-refractivity contribution in [1.29, 1.82) is 0 Å². The topological polar surface area (TPSA) is 49.6 Å². The SMILES string of the molecule is O=C(NCCN1CCCC1)c1cn2cc(-c3ccc(Cl)cc3)ccc2n1. The van der Waals surface area contributed by atoms with Gasteiger partial charge in [-0.3, -0.25) is 4.79 Å². The third kappa shape index (κ3) is 3.74. The summed E-state index contributed by atoms with van der Waals surface area (Å²) < 4.78 is 1.89. The van der Waals surface area contributed by atoms with Crippen molar-refractivity contribution in [2.75, 3.05) is 26.2 Å². The van der Waals surface area contributed by atoms with Crippen LogP contribution >= 0.6 is 11.6 Å². The zero-order chi connectivity index (χ0) is 17.9. The summed E-state index contributed by atoms with van der Waals surface area (Å²) in [6.45, 7) is 3.83. The van der Waals surface area contributed by atoms with E-state index >= 15 is 0 Å². The predicted octanol–water partition coefficient (Wildman–Crippen LogP) is 3.48. The van der Waals surface area contributed by atoms with Gasteiger partial charge in [-0.2, -0.15) is 0 Å². The van der Waals surface area contributed by atoms with Crippen LogP contribution < -0.4 is 5.32 Å². The standard InChI is InChI=1S/C20H21ClN4O/c21-17-6-3-15(4-7-17)16-5-8-19-23-18(14-25(19)13-16)20(26)22-9-12-24-10-1-2-11-24/h3-8,13-14H,1-2,9-12H2,(H,22,26). The molecule has 0 aliphatic carbocycles. The number of imidazole rings is 1. The lowest BCUT2D eigenvalue weighted by molar-refractivity contribution is 0.0945. The Bertz CT molecular complexity index is 913. The van der Waals surface area contributed by atoms with E-state index in [0.29, 0.717) is 17.3 Å². The highest BCUT2D eigenvalue weighted by Gasteiger charge is 2.14. The Labute approximate surface area is 157 Å². The van der Waals surface area contributed by atoms with Crippen LogP contribution in [0.2, 0.25) is 5.02 Å². The molecule has 1 aromatic carbocycles. The fourth-order valence-corrected chi connectivity index (χ4v) is 3.46. The highest BCUT2D eigenvalue weighted by molar-refractivity contribution is 6.30. The molecule has 0 radical (unpaired) electrons. The van der Waals surface area contributed by atoms with Crippen LogP contribution in [0.1, 0.15) is 23.3 Å². The fourth-order valence-electron chi connectivity index (χ4n) is 3.34. The second-order valence-corrected chi connectivity index (χ2v) is 7.06. The van der Waals surface area contributed by atoms with E-state index in [1.165, 1.54) is 12.8 Å². The van der Waals surface area contributed by atoms with Crippen molar-refractivity contribution in [3.05, 3.63) is 59.5 Å². The maximum atomic E-state index is 12.4. The maximum absolute atomic E-state index is 12.4. The summed E-state index contributed by atoms with van der Waals surface area (Å²) >= 11 is 5.95. The fraction of sp³-hybridized carbons (Fsp3) is 0.300. The molecule has 1 aliphatic heterocycles. The van der Waals surface area contributed by atoms with Crippen molar-refractivity contribution in [1.82, 2.24) is 19.6 Å². The van der Waals surface area contributed by atoms with E-state index in [1.54, 1.807) is 6.20 Å². The van der Waals surface area contributed by atoms with Crippen LogP contribution in [0.25, 0.3) is 16.8 Å². The Hall–Kier alpha value is -2.37. The van der Waals surface area contributed by atoms with Crippen molar-refractivity contribution >= 4 is 23.2 Å². The Morgan fingerprint density at radius 3 is 2.54 bits per heavy atom. The molecule has 3 heterocycles. The van der Waals surface area contributed by atoms with Crippen molar-refractivity contribution in [2.45, 2.75) is 12.8 Å². The number of hydrogen-bond acceptors (Lipinski definition) is 3. The highest BCUT2D eigenvalue weighted by atomic mass is 35.5. The lowest BCUT2D eigenvalue weighted by atomic mass is 10.1. The molecule has 1 saturated heterocycles. The highest BCUT2D eigenvalue weighted by Crippen LogP contribution is 2.22. The molecule has 1 amide bonds. The largest absolute Gasteiger partial charge is 0.349 e. The van der Waals surface area contributed by atoms with Crippen LogP contribution in [0.15, 0.2) is 48.8 Å². The van der Waals surface area contributed by atoms with Gasteiger partial charge in [0.05, 0.1) is 0 Å². The molecular weight excluding hydrogens is 348 g/mol.